The fourth-order valence-electron chi connectivity index (χ4n) is 3.27. The molecule has 3 rings (SSSR count). The van der Waals surface area contributed by atoms with Gasteiger partial charge in [0.05, 0.1) is 20.6 Å². The van der Waals surface area contributed by atoms with Crippen LogP contribution in [0.2, 0.25) is 0 Å². The van der Waals surface area contributed by atoms with Crippen LogP contribution in [0.15, 0.2) is 58.3 Å². The number of benzene rings is 2. The van der Waals surface area contributed by atoms with Crippen LogP contribution >= 0.6 is 0 Å². The maximum atomic E-state index is 12.8. The third-order valence-corrected chi connectivity index (χ3v) is 7.82. The van der Waals surface area contributed by atoms with Gasteiger partial charge in [0.25, 0.3) is 15.5 Å². The highest BCUT2D eigenvalue weighted by Gasteiger charge is 2.47. The van der Waals surface area contributed by atoms with Gasteiger partial charge in [-0.3, -0.25) is 19.1 Å². The summed E-state index contributed by atoms with van der Waals surface area (Å²) in [6.07, 6.45) is 0. The first-order valence-electron chi connectivity index (χ1n) is 9.48. The summed E-state index contributed by atoms with van der Waals surface area (Å²) < 4.78 is 74.0. The number of hydrogen-bond acceptors (Lipinski definition) is 7. The topological polar surface area (TPSA) is 118 Å². The van der Waals surface area contributed by atoms with Gasteiger partial charge in [0.2, 0.25) is 5.91 Å². The van der Waals surface area contributed by atoms with Crippen molar-refractivity contribution in [3.63, 3.8) is 0 Å². The zero-order chi connectivity index (χ0) is 24.4. The second-order valence-electron chi connectivity index (χ2n) is 7.03. The quantitative estimate of drug-likeness (QED) is 0.437. The number of para-hydroxylation sites is 1. The Morgan fingerprint density at radius 1 is 1.06 bits per heavy atom. The molecule has 1 aliphatic rings. The Bertz CT molecular complexity index is 1180. The minimum Gasteiger partial charge on any atom is -0.368 e. The number of sulfone groups is 1. The summed E-state index contributed by atoms with van der Waals surface area (Å²) >= 11 is 0. The molecule has 0 bridgehead atoms. The van der Waals surface area contributed by atoms with E-state index in [0.717, 1.165) is 5.69 Å². The average Bonchev–Trinajstić information content (AvgIpc) is 2.78. The predicted octanol–water partition coefficient (Wildman–Crippen LogP) is 2.34. The van der Waals surface area contributed by atoms with Crippen LogP contribution in [0.25, 0.3) is 0 Å². The summed E-state index contributed by atoms with van der Waals surface area (Å²) in [5.74, 6) is -1.17. The Hall–Kier alpha value is -3.00. The lowest BCUT2D eigenvalue weighted by Gasteiger charge is -2.36. The Kier molecular flexibility index (Phi) is 7.07. The van der Waals surface area contributed by atoms with E-state index in [2.05, 4.69) is 4.90 Å². The predicted molar refractivity (Wildman–Crippen MR) is 113 cm³/mol. The number of hydrogen-bond donors (Lipinski definition) is 0. The molecule has 1 heterocycles. The lowest BCUT2D eigenvalue weighted by molar-refractivity contribution is -0.388. The summed E-state index contributed by atoms with van der Waals surface area (Å²) in [4.78, 5) is 24.4. The highest BCUT2D eigenvalue weighted by atomic mass is 32.2. The molecule has 1 amide bonds. The van der Waals surface area contributed by atoms with E-state index < -0.39 is 58.2 Å². The number of alkyl halides is 3. The number of nitrogens with zero attached hydrogens (tertiary/aromatic N) is 3. The second kappa shape index (κ2) is 9.47. The van der Waals surface area contributed by atoms with Crippen molar-refractivity contribution in [3.05, 3.63) is 58.6 Å². The van der Waals surface area contributed by atoms with E-state index in [1.807, 2.05) is 30.3 Å². The second-order valence-corrected chi connectivity index (χ2v) is 10.4. The fourth-order valence-corrected chi connectivity index (χ4v) is 5.20. The maximum absolute atomic E-state index is 12.8. The van der Waals surface area contributed by atoms with Crippen LogP contribution in [0.5, 0.6) is 0 Å². The highest BCUT2D eigenvalue weighted by Crippen LogP contribution is 2.34. The molecule has 0 aliphatic carbocycles. The molecule has 1 atom stereocenters. The van der Waals surface area contributed by atoms with Crippen LogP contribution in [0.3, 0.4) is 0 Å². The Balaban J connectivity index is 1.72. The molecule has 9 nitrogen and oxygen atoms in total. The third kappa shape index (κ3) is 5.33. The number of carbonyl (C=O) groups is 1. The first-order valence-corrected chi connectivity index (χ1v) is 12.3. The summed E-state index contributed by atoms with van der Waals surface area (Å²) in [6.45, 7) is 1.70. The molecule has 2 aromatic carbocycles. The Morgan fingerprint density at radius 3 is 2.21 bits per heavy atom. The molecule has 0 saturated carbocycles. The van der Waals surface area contributed by atoms with Gasteiger partial charge in [-0.25, -0.2) is 8.42 Å². The highest BCUT2D eigenvalue weighted by molar-refractivity contribution is 7.92. The summed E-state index contributed by atoms with van der Waals surface area (Å²) in [5, 5.41) is 11.3. The van der Waals surface area contributed by atoms with Crippen LogP contribution in [0.4, 0.5) is 24.5 Å². The fraction of sp³-hybridized carbons (Fsp3) is 0.316. The molecule has 0 radical (unpaired) electrons. The molecule has 0 spiro atoms. The average molecular weight is 505 g/mol. The van der Waals surface area contributed by atoms with Crippen LogP contribution in [0, 0.1) is 10.1 Å². The number of nitro groups is 1. The number of amides is 1. The van der Waals surface area contributed by atoms with Gasteiger partial charge < -0.3 is 9.80 Å². The molecule has 33 heavy (non-hydrogen) atoms. The van der Waals surface area contributed by atoms with Gasteiger partial charge >= 0.3 is 5.51 Å². The van der Waals surface area contributed by atoms with Gasteiger partial charge in [-0.05, 0) is 24.3 Å². The zero-order valence-corrected chi connectivity index (χ0v) is 18.5. The molecule has 0 aromatic heterocycles. The first-order chi connectivity index (χ1) is 15.4. The number of carbonyl (C=O) groups excluding carboxylic acids is 1. The first kappa shape index (κ1) is 24.6. The monoisotopic (exact) mass is 505 g/mol. The van der Waals surface area contributed by atoms with Crippen molar-refractivity contribution in [2.24, 2.45) is 0 Å². The minimum atomic E-state index is -5.83. The number of piperazine rings is 1. The zero-order valence-electron chi connectivity index (χ0n) is 16.9. The minimum absolute atomic E-state index is 0.208. The van der Waals surface area contributed by atoms with Crippen LogP contribution < -0.4 is 4.90 Å². The molecule has 2 aromatic rings. The molecule has 0 N–H and O–H groups in total. The Morgan fingerprint density at radius 2 is 1.67 bits per heavy atom. The van der Waals surface area contributed by atoms with Crippen molar-refractivity contribution >= 4 is 37.9 Å². The van der Waals surface area contributed by atoms with Crippen molar-refractivity contribution in [2.75, 3.05) is 36.8 Å². The molecule has 1 unspecified atom stereocenters. The van der Waals surface area contributed by atoms with Gasteiger partial charge in [-0.15, -0.1) is 0 Å². The van der Waals surface area contributed by atoms with E-state index in [9.17, 15) is 40.7 Å². The number of anilines is 1. The molecular formula is C19H18F3N3O6S2. The van der Waals surface area contributed by atoms with Crippen LogP contribution in [-0.4, -0.2) is 65.8 Å². The molecule has 14 heteroatoms. The van der Waals surface area contributed by atoms with Gasteiger partial charge in [0.15, 0.2) is 0 Å². The van der Waals surface area contributed by atoms with Crippen LogP contribution in [-0.2, 0) is 25.4 Å². The SMILES string of the molecule is O=C(CS(=O)c1ccc(S(=O)(=O)C(F)(F)F)cc1[N+](=O)[O-])N1CCN(c2ccccc2)CC1. The number of rotatable bonds is 6. The van der Waals surface area contributed by atoms with E-state index >= 15 is 0 Å². The van der Waals surface area contributed by atoms with Gasteiger partial charge in [-0.1, -0.05) is 18.2 Å². The lowest BCUT2D eigenvalue weighted by atomic mass is 10.2. The van der Waals surface area contributed by atoms with Gasteiger partial charge in [0, 0.05) is 37.9 Å². The maximum Gasteiger partial charge on any atom is 0.501 e. The molecular weight excluding hydrogens is 487 g/mol. The third-order valence-electron chi connectivity index (χ3n) is 5.00. The Labute approximate surface area is 189 Å². The number of nitro benzene ring substituents is 1. The van der Waals surface area contributed by atoms with Gasteiger partial charge in [-0.2, -0.15) is 13.2 Å². The van der Waals surface area contributed by atoms with E-state index in [1.54, 1.807) is 0 Å². The van der Waals surface area contributed by atoms with E-state index in [4.69, 9.17) is 0 Å². The van der Waals surface area contributed by atoms with Gasteiger partial charge in [0.1, 0.15) is 10.6 Å². The largest absolute Gasteiger partial charge is 0.501 e. The van der Waals surface area contributed by atoms with E-state index in [-0.39, 0.29) is 6.07 Å². The number of halogens is 3. The van der Waals surface area contributed by atoms with Crippen molar-refractivity contribution in [1.29, 1.82) is 0 Å². The molecule has 1 aliphatic heterocycles. The van der Waals surface area contributed by atoms with Crippen molar-refractivity contribution in [3.8, 4) is 0 Å². The van der Waals surface area contributed by atoms with E-state index in [0.29, 0.717) is 38.3 Å². The lowest BCUT2D eigenvalue weighted by Crippen LogP contribution is -2.49. The van der Waals surface area contributed by atoms with Crippen molar-refractivity contribution in [2.45, 2.75) is 15.3 Å². The summed E-state index contributed by atoms with van der Waals surface area (Å²) in [7, 11) is -8.10. The summed E-state index contributed by atoms with van der Waals surface area (Å²) in [5.41, 5.74) is -5.74. The molecule has 178 valence electrons. The smallest absolute Gasteiger partial charge is 0.368 e. The van der Waals surface area contributed by atoms with Crippen molar-refractivity contribution in [1.82, 2.24) is 4.90 Å². The summed E-state index contributed by atoms with van der Waals surface area (Å²) in [6, 6.07) is 10.9. The molecule has 1 fully saturated rings. The van der Waals surface area contributed by atoms with Crippen molar-refractivity contribution < 1.29 is 35.5 Å². The molecule has 1 saturated heterocycles. The van der Waals surface area contributed by atoms with Crippen LogP contribution in [0.1, 0.15) is 0 Å². The normalized spacial score (nSPS) is 15.8. The van der Waals surface area contributed by atoms with E-state index in [1.165, 1.54) is 4.90 Å². The standard InChI is InChI=1S/C19H18F3N3O6S2/c20-19(21,22)33(30,31)15-6-7-17(16(12-15)25(27)28)32(29)13-18(26)24-10-8-23(9-11-24)14-4-2-1-3-5-14/h1-7,12H,8-11,13H2.